The van der Waals surface area contributed by atoms with Crippen LogP contribution < -0.4 is 0 Å². The van der Waals surface area contributed by atoms with Gasteiger partial charge in [-0.3, -0.25) is 9.46 Å². The lowest BCUT2D eigenvalue weighted by Crippen LogP contribution is -2.42. The minimum atomic E-state index is -2.94. The van der Waals surface area contributed by atoms with E-state index >= 15 is 0 Å². The van der Waals surface area contributed by atoms with Crippen LogP contribution in [0.1, 0.15) is 168 Å². The SMILES string of the molecule is CCCCCC(C)C(C)(C)C.CCCCN(CCCC)C(C)(C)C.CCCOP(=O)(OCCC)C(C)(C)C. The van der Waals surface area contributed by atoms with E-state index in [4.69, 9.17) is 9.05 Å². The summed E-state index contributed by atoms with van der Waals surface area (Å²) in [7, 11) is -2.94. The molecule has 0 aliphatic rings. The molecule has 0 saturated heterocycles. The fraction of sp³-hybridized carbons (Fsp3) is 1.00. The van der Waals surface area contributed by atoms with Crippen LogP contribution in [-0.2, 0) is 13.6 Å². The van der Waals surface area contributed by atoms with Crippen LogP contribution in [0, 0.1) is 11.3 Å². The van der Waals surface area contributed by atoms with Gasteiger partial charge in [0.05, 0.1) is 18.4 Å². The summed E-state index contributed by atoms with van der Waals surface area (Å²) in [5, 5.41) is -0.433. The van der Waals surface area contributed by atoms with E-state index in [9.17, 15) is 4.57 Å². The Morgan fingerprint density at radius 2 is 1.03 bits per heavy atom. The first kappa shape index (κ1) is 42.6. The molecule has 38 heavy (non-hydrogen) atoms. The molecule has 0 heterocycles. The fourth-order valence-corrected chi connectivity index (χ4v) is 5.16. The summed E-state index contributed by atoms with van der Waals surface area (Å²) in [6, 6.07) is 0. The molecule has 1 unspecified atom stereocenters. The molecule has 4 nitrogen and oxygen atoms in total. The minimum absolute atomic E-state index is 0.352. The highest BCUT2D eigenvalue weighted by Gasteiger charge is 2.39. The Morgan fingerprint density at radius 3 is 1.29 bits per heavy atom. The normalized spacial score (nSPS) is 13.5. The Balaban J connectivity index is -0.000000487. The van der Waals surface area contributed by atoms with E-state index in [1.807, 2.05) is 34.6 Å². The summed E-state index contributed by atoms with van der Waals surface area (Å²) in [6.45, 7) is 36.3. The van der Waals surface area contributed by atoms with Crippen LogP contribution >= 0.6 is 7.60 Å². The molecule has 0 aromatic heterocycles. The lowest BCUT2D eigenvalue weighted by molar-refractivity contribution is 0.132. The van der Waals surface area contributed by atoms with E-state index in [2.05, 4.69) is 74.1 Å². The molecular formula is C33H74NO3P. The maximum absolute atomic E-state index is 12.3. The first-order chi connectivity index (χ1) is 17.4. The van der Waals surface area contributed by atoms with Crippen molar-refractivity contribution in [2.24, 2.45) is 11.3 Å². The molecule has 5 heteroatoms. The summed E-state index contributed by atoms with van der Waals surface area (Å²) in [5.41, 5.74) is 0.859. The molecule has 0 aromatic carbocycles. The van der Waals surface area contributed by atoms with Gasteiger partial charge in [0.25, 0.3) is 0 Å². The van der Waals surface area contributed by atoms with Crippen LogP contribution in [0.3, 0.4) is 0 Å². The topological polar surface area (TPSA) is 38.8 Å². The van der Waals surface area contributed by atoms with Crippen molar-refractivity contribution in [2.75, 3.05) is 26.3 Å². The van der Waals surface area contributed by atoms with Gasteiger partial charge in [-0.2, -0.15) is 0 Å². The third-order valence-corrected chi connectivity index (χ3v) is 9.67. The lowest BCUT2D eigenvalue weighted by Gasteiger charge is -2.35. The summed E-state index contributed by atoms with van der Waals surface area (Å²) < 4.78 is 23.1. The predicted molar refractivity (Wildman–Crippen MR) is 174 cm³/mol. The van der Waals surface area contributed by atoms with Gasteiger partial charge in [-0.25, -0.2) is 0 Å². The van der Waals surface area contributed by atoms with Crippen molar-refractivity contribution in [3.05, 3.63) is 0 Å². The monoisotopic (exact) mass is 564 g/mol. The molecule has 0 aromatic rings. The zero-order chi connectivity index (χ0) is 30.5. The van der Waals surface area contributed by atoms with Gasteiger partial charge in [-0.15, -0.1) is 0 Å². The van der Waals surface area contributed by atoms with Crippen LogP contribution in [0.25, 0.3) is 0 Å². The van der Waals surface area contributed by atoms with Crippen LogP contribution in [0.5, 0.6) is 0 Å². The predicted octanol–water partition coefficient (Wildman–Crippen LogP) is 11.8. The van der Waals surface area contributed by atoms with Crippen molar-refractivity contribution in [3.63, 3.8) is 0 Å². The summed E-state index contributed by atoms with van der Waals surface area (Å²) in [4.78, 5) is 2.61. The van der Waals surface area contributed by atoms with E-state index in [1.54, 1.807) is 0 Å². The lowest BCUT2D eigenvalue weighted by atomic mass is 9.79. The third-order valence-electron chi connectivity index (χ3n) is 6.98. The minimum Gasteiger partial charge on any atom is -0.308 e. The second-order valence-corrected chi connectivity index (χ2v) is 16.8. The summed E-state index contributed by atoms with van der Waals surface area (Å²) in [5.74, 6) is 0.869. The molecule has 0 rings (SSSR count). The van der Waals surface area contributed by atoms with E-state index in [-0.39, 0.29) is 0 Å². The van der Waals surface area contributed by atoms with Crippen LogP contribution in [-0.4, -0.2) is 41.9 Å². The standard InChI is InChI=1S/C12H27N.C11H24.C10H23O3P/c1-6-8-10-13(11-9-7-2)12(3,4)5;1-6-7-8-9-10(2)11(3,4)5;1-6-8-12-14(11,10(3,4)5)13-9-7-2/h6-11H2,1-5H3;10H,6-9H2,1-5H3;6-9H2,1-5H3. The molecule has 0 saturated carbocycles. The summed E-state index contributed by atoms with van der Waals surface area (Å²) in [6.07, 6.45) is 12.5. The van der Waals surface area contributed by atoms with Gasteiger partial charge in [-0.05, 0) is 91.6 Å². The smallest absolute Gasteiger partial charge is 0.308 e. The average molecular weight is 564 g/mol. The van der Waals surface area contributed by atoms with Gasteiger partial charge in [-0.1, -0.05) is 101 Å². The fourth-order valence-electron chi connectivity index (χ4n) is 3.46. The highest BCUT2D eigenvalue weighted by Crippen LogP contribution is 2.59. The molecule has 0 aliphatic carbocycles. The van der Waals surface area contributed by atoms with Gasteiger partial charge in [0.1, 0.15) is 0 Å². The van der Waals surface area contributed by atoms with Crippen molar-refractivity contribution in [1.82, 2.24) is 4.90 Å². The number of hydrogen-bond donors (Lipinski definition) is 0. The Morgan fingerprint density at radius 1 is 0.632 bits per heavy atom. The molecule has 234 valence electrons. The quantitative estimate of drug-likeness (QED) is 0.138. The number of nitrogens with zero attached hydrogens (tertiary/aromatic N) is 1. The Bertz CT molecular complexity index is 538. The van der Waals surface area contributed by atoms with E-state index < -0.39 is 12.8 Å². The molecule has 0 N–H and O–H groups in total. The van der Waals surface area contributed by atoms with Crippen LogP contribution in [0.4, 0.5) is 0 Å². The second kappa shape index (κ2) is 22.8. The second-order valence-electron chi connectivity index (χ2n) is 14.0. The molecule has 0 spiro atoms. The Labute approximate surface area is 242 Å². The molecule has 0 bridgehead atoms. The molecular weight excluding hydrogens is 489 g/mol. The van der Waals surface area contributed by atoms with Gasteiger partial charge >= 0.3 is 7.60 Å². The van der Waals surface area contributed by atoms with Crippen LogP contribution in [0.15, 0.2) is 0 Å². The average Bonchev–Trinajstić information content (AvgIpc) is 2.80. The van der Waals surface area contributed by atoms with Gasteiger partial charge < -0.3 is 9.05 Å². The number of hydrogen-bond acceptors (Lipinski definition) is 4. The molecule has 0 fully saturated rings. The summed E-state index contributed by atoms with van der Waals surface area (Å²) >= 11 is 0. The van der Waals surface area contributed by atoms with Gasteiger partial charge in [0.2, 0.25) is 0 Å². The zero-order valence-corrected chi connectivity index (χ0v) is 30.0. The van der Waals surface area contributed by atoms with Crippen LogP contribution in [0.2, 0.25) is 0 Å². The van der Waals surface area contributed by atoms with Gasteiger partial charge in [0.15, 0.2) is 0 Å². The molecule has 0 radical (unpaired) electrons. The highest BCUT2D eigenvalue weighted by atomic mass is 31.2. The number of rotatable bonds is 16. The number of unbranched alkanes of at least 4 members (excludes halogenated alkanes) is 4. The molecule has 1 atom stereocenters. The highest BCUT2D eigenvalue weighted by molar-refractivity contribution is 7.55. The largest absolute Gasteiger partial charge is 0.335 e. The maximum Gasteiger partial charge on any atom is 0.335 e. The van der Waals surface area contributed by atoms with E-state index in [0.29, 0.717) is 24.2 Å². The van der Waals surface area contributed by atoms with Crippen molar-refractivity contribution < 1.29 is 13.6 Å². The van der Waals surface area contributed by atoms with E-state index in [0.717, 1.165) is 18.8 Å². The molecule has 0 aliphatic heterocycles. The van der Waals surface area contributed by atoms with E-state index in [1.165, 1.54) is 64.5 Å². The van der Waals surface area contributed by atoms with Gasteiger partial charge in [0, 0.05) is 5.54 Å². The Hall–Kier alpha value is 0.110. The van der Waals surface area contributed by atoms with Crippen molar-refractivity contribution in [3.8, 4) is 0 Å². The molecule has 0 amide bonds. The first-order valence-corrected chi connectivity index (χ1v) is 17.6. The first-order valence-electron chi connectivity index (χ1n) is 16.0. The van der Waals surface area contributed by atoms with Crippen molar-refractivity contribution in [2.45, 2.75) is 179 Å². The van der Waals surface area contributed by atoms with Crippen molar-refractivity contribution >= 4 is 7.60 Å². The Kier molecular flexibility index (Phi) is 25.5. The third kappa shape index (κ3) is 22.9. The maximum atomic E-state index is 12.3. The zero-order valence-electron chi connectivity index (χ0n) is 29.1. The van der Waals surface area contributed by atoms with Crippen molar-refractivity contribution in [1.29, 1.82) is 0 Å².